The smallest absolute Gasteiger partial charge is 0.255 e. The molecule has 0 unspecified atom stereocenters. The Morgan fingerprint density at radius 1 is 1.19 bits per heavy atom. The summed E-state index contributed by atoms with van der Waals surface area (Å²) in [5, 5.41) is 6.22. The van der Waals surface area contributed by atoms with Crippen molar-refractivity contribution in [3.63, 3.8) is 0 Å². The highest BCUT2D eigenvalue weighted by atomic mass is 16.5. The summed E-state index contributed by atoms with van der Waals surface area (Å²) in [5.41, 5.74) is 3.21. The molecule has 0 atom stereocenters. The van der Waals surface area contributed by atoms with Crippen LogP contribution in [0, 0.1) is 6.92 Å². The zero-order chi connectivity index (χ0) is 18.5. The summed E-state index contributed by atoms with van der Waals surface area (Å²) in [6.45, 7) is 2.81. The number of carbonyl (C=O) groups excluding carboxylic acids is 2. The van der Waals surface area contributed by atoms with Crippen LogP contribution in [0.1, 0.15) is 26.3 Å². The number of hydrogen-bond acceptors (Lipinski definition) is 4. The van der Waals surface area contributed by atoms with E-state index in [1.807, 2.05) is 19.1 Å². The summed E-state index contributed by atoms with van der Waals surface area (Å²) in [6, 6.07) is 9.02. The van der Waals surface area contributed by atoms with Crippen LogP contribution in [0.2, 0.25) is 0 Å². The third kappa shape index (κ3) is 3.89. The lowest BCUT2D eigenvalue weighted by Gasteiger charge is -2.06. The topological polar surface area (TPSA) is 96.1 Å². The van der Waals surface area contributed by atoms with E-state index in [0.717, 1.165) is 5.56 Å². The van der Waals surface area contributed by atoms with Crippen molar-refractivity contribution in [3.05, 3.63) is 59.4 Å². The minimum Gasteiger partial charge on any atom is -0.383 e. The second-order valence-electron chi connectivity index (χ2n) is 5.89. The van der Waals surface area contributed by atoms with Crippen LogP contribution in [0.25, 0.3) is 11.0 Å². The van der Waals surface area contributed by atoms with Gasteiger partial charge in [-0.2, -0.15) is 0 Å². The van der Waals surface area contributed by atoms with Gasteiger partial charge in [-0.25, -0.2) is 4.98 Å². The molecule has 2 aromatic heterocycles. The van der Waals surface area contributed by atoms with Crippen molar-refractivity contribution in [3.8, 4) is 0 Å². The molecular formula is C19H20N4O3. The molecule has 7 nitrogen and oxygen atoms in total. The fraction of sp³-hybridized carbons (Fsp3) is 0.211. The largest absolute Gasteiger partial charge is 0.383 e. The molecule has 2 heterocycles. The Morgan fingerprint density at radius 3 is 2.69 bits per heavy atom. The van der Waals surface area contributed by atoms with Crippen LogP contribution in [0.5, 0.6) is 0 Å². The molecule has 2 amide bonds. The van der Waals surface area contributed by atoms with Gasteiger partial charge in [0.15, 0.2) is 0 Å². The second-order valence-corrected chi connectivity index (χ2v) is 5.89. The average molecular weight is 352 g/mol. The number of H-pyrrole nitrogens is 1. The van der Waals surface area contributed by atoms with Gasteiger partial charge in [0.1, 0.15) is 5.65 Å². The molecule has 0 bridgehead atoms. The van der Waals surface area contributed by atoms with E-state index in [0.29, 0.717) is 41.0 Å². The summed E-state index contributed by atoms with van der Waals surface area (Å²) in [6.07, 6.45) is 3.16. The van der Waals surface area contributed by atoms with E-state index < -0.39 is 0 Å². The normalized spacial score (nSPS) is 10.7. The Kier molecular flexibility index (Phi) is 5.28. The molecule has 0 saturated carbocycles. The number of ether oxygens (including phenoxy) is 1. The van der Waals surface area contributed by atoms with Crippen molar-refractivity contribution in [2.24, 2.45) is 0 Å². The number of nitrogens with zero attached hydrogens (tertiary/aromatic N) is 1. The van der Waals surface area contributed by atoms with E-state index in [1.54, 1.807) is 37.7 Å². The number of rotatable bonds is 6. The lowest BCUT2D eigenvalue weighted by Crippen LogP contribution is -2.26. The van der Waals surface area contributed by atoms with Gasteiger partial charge in [-0.3, -0.25) is 9.59 Å². The summed E-state index contributed by atoms with van der Waals surface area (Å²) in [4.78, 5) is 31.9. The molecule has 26 heavy (non-hydrogen) atoms. The number of aryl methyl sites for hydroxylation is 1. The van der Waals surface area contributed by atoms with Crippen LogP contribution in [0.4, 0.5) is 5.69 Å². The number of hydrogen-bond donors (Lipinski definition) is 3. The van der Waals surface area contributed by atoms with Gasteiger partial charge in [-0.15, -0.1) is 0 Å². The third-order valence-corrected chi connectivity index (χ3v) is 3.94. The van der Waals surface area contributed by atoms with Crippen molar-refractivity contribution < 1.29 is 14.3 Å². The first-order valence-corrected chi connectivity index (χ1v) is 8.21. The van der Waals surface area contributed by atoms with Gasteiger partial charge < -0.3 is 20.4 Å². The van der Waals surface area contributed by atoms with Crippen molar-refractivity contribution in [2.75, 3.05) is 25.6 Å². The maximum atomic E-state index is 12.4. The molecule has 3 N–H and O–H groups in total. The summed E-state index contributed by atoms with van der Waals surface area (Å²) < 4.78 is 4.93. The number of benzene rings is 1. The minimum atomic E-state index is -0.229. The summed E-state index contributed by atoms with van der Waals surface area (Å²) in [5.74, 6) is -0.454. The molecule has 0 saturated heterocycles. The number of pyridine rings is 1. The Morgan fingerprint density at radius 2 is 1.96 bits per heavy atom. The van der Waals surface area contributed by atoms with E-state index in [1.165, 1.54) is 0 Å². The van der Waals surface area contributed by atoms with Crippen LogP contribution in [-0.2, 0) is 4.74 Å². The van der Waals surface area contributed by atoms with Crippen molar-refractivity contribution in [2.45, 2.75) is 6.92 Å². The number of carbonyl (C=O) groups is 2. The first kappa shape index (κ1) is 17.6. The first-order chi connectivity index (χ1) is 12.6. The highest BCUT2D eigenvalue weighted by Crippen LogP contribution is 2.21. The molecule has 7 heteroatoms. The van der Waals surface area contributed by atoms with Gasteiger partial charge in [-0.1, -0.05) is 17.7 Å². The van der Waals surface area contributed by atoms with Crippen molar-refractivity contribution in [1.29, 1.82) is 0 Å². The highest BCUT2D eigenvalue weighted by molar-refractivity contribution is 6.08. The molecule has 0 aliphatic rings. The van der Waals surface area contributed by atoms with Gasteiger partial charge in [0.2, 0.25) is 0 Å². The SMILES string of the molecule is COCCNC(=O)c1c[nH]c2ncc(NC(=O)c3ccc(C)cc3)cc12. The van der Waals surface area contributed by atoms with E-state index >= 15 is 0 Å². The molecule has 3 aromatic rings. The molecule has 0 spiro atoms. The standard InChI is InChI=1S/C19H20N4O3/c1-12-3-5-13(6-4-12)18(24)23-14-9-15-16(11-22-17(15)21-10-14)19(25)20-7-8-26-2/h3-6,9-11H,7-8H2,1-2H3,(H,20,25)(H,21,22)(H,23,24). The van der Waals surface area contributed by atoms with Crippen molar-refractivity contribution >= 4 is 28.5 Å². The predicted molar refractivity (Wildman–Crippen MR) is 99.4 cm³/mol. The number of nitrogens with one attached hydrogen (secondary N) is 3. The molecular weight excluding hydrogens is 332 g/mol. The second kappa shape index (κ2) is 7.79. The Hall–Kier alpha value is -3.19. The Bertz CT molecular complexity index is 932. The van der Waals surface area contributed by atoms with Gasteiger partial charge in [0.05, 0.1) is 24.1 Å². The van der Waals surface area contributed by atoms with Gasteiger partial charge in [-0.05, 0) is 25.1 Å². The zero-order valence-electron chi connectivity index (χ0n) is 14.6. The lowest BCUT2D eigenvalue weighted by molar-refractivity contribution is 0.0938. The molecule has 3 rings (SSSR count). The summed E-state index contributed by atoms with van der Waals surface area (Å²) >= 11 is 0. The van der Waals surface area contributed by atoms with E-state index in [2.05, 4.69) is 20.6 Å². The fourth-order valence-electron chi connectivity index (χ4n) is 2.53. The number of methoxy groups -OCH3 is 1. The van der Waals surface area contributed by atoms with Crippen LogP contribution in [0.15, 0.2) is 42.7 Å². The lowest BCUT2D eigenvalue weighted by atomic mass is 10.1. The van der Waals surface area contributed by atoms with E-state index in [9.17, 15) is 9.59 Å². The van der Waals surface area contributed by atoms with Gasteiger partial charge in [0.25, 0.3) is 11.8 Å². The monoisotopic (exact) mass is 352 g/mol. The highest BCUT2D eigenvalue weighted by Gasteiger charge is 2.14. The maximum Gasteiger partial charge on any atom is 0.255 e. The molecule has 0 aliphatic carbocycles. The quantitative estimate of drug-likeness (QED) is 0.594. The van der Waals surface area contributed by atoms with Crippen LogP contribution in [0.3, 0.4) is 0 Å². The van der Waals surface area contributed by atoms with E-state index in [-0.39, 0.29) is 11.8 Å². The first-order valence-electron chi connectivity index (χ1n) is 8.21. The van der Waals surface area contributed by atoms with Crippen LogP contribution in [-0.4, -0.2) is 42.0 Å². The Labute approximate surface area is 150 Å². The molecule has 0 fully saturated rings. The maximum absolute atomic E-state index is 12.4. The van der Waals surface area contributed by atoms with Crippen LogP contribution < -0.4 is 10.6 Å². The number of fused-ring (bicyclic) bond motifs is 1. The number of anilines is 1. The van der Waals surface area contributed by atoms with Gasteiger partial charge in [0, 0.05) is 30.8 Å². The van der Waals surface area contributed by atoms with E-state index in [4.69, 9.17) is 4.74 Å². The molecule has 134 valence electrons. The number of amides is 2. The Balaban J connectivity index is 1.79. The van der Waals surface area contributed by atoms with Crippen molar-refractivity contribution in [1.82, 2.24) is 15.3 Å². The average Bonchev–Trinajstić information content (AvgIpc) is 3.05. The number of aromatic amines is 1. The minimum absolute atomic E-state index is 0.225. The fourth-order valence-corrected chi connectivity index (χ4v) is 2.53. The molecule has 0 radical (unpaired) electrons. The molecule has 0 aliphatic heterocycles. The molecule has 1 aromatic carbocycles. The number of aromatic nitrogens is 2. The predicted octanol–water partition coefficient (Wildman–Crippen LogP) is 2.50. The van der Waals surface area contributed by atoms with Crippen LogP contribution >= 0.6 is 0 Å². The zero-order valence-corrected chi connectivity index (χ0v) is 14.6. The third-order valence-electron chi connectivity index (χ3n) is 3.94. The summed E-state index contributed by atoms with van der Waals surface area (Å²) in [7, 11) is 1.57. The van der Waals surface area contributed by atoms with Gasteiger partial charge >= 0.3 is 0 Å².